The second-order valence-corrected chi connectivity index (χ2v) is 5.58. The van der Waals surface area contributed by atoms with E-state index in [-0.39, 0.29) is 5.41 Å². The van der Waals surface area contributed by atoms with E-state index in [1.807, 2.05) is 18.2 Å². The summed E-state index contributed by atoms with van der Waals surface area (Å²) in [7, 11) is 0. The number of carbonyl (C=O) groups is 1. The lowest BCUT2D eigenvalue weighted by atomic mass is 9.63. The van der Waals surface area contributed by atoms with Crippen LogP contribution >= 0.6 is 0 Å². The Labute approximate surface area is 107 Å². The molecule has 0 radical (unpaired) electrons. The third-order valence-electron chi connectivity index (χ3n) is 4.50. The zero-order valence-corrected chi connectivity index (χ0v) is 10.5. The molecule has 1 aromatic carbocycles. The first kappa shape index (κ1) is 11.5. The van der Waals surface area contributed by atoms with Gasteiger partial charge in [-0.05, 0) is 36.5 Å². The highest BCUT2D eigenvalue weighted by Gasteiger charge is 2.41. The van der Waals surface area contributed by atoms with Gasteiger partial charge < -0.3 is 5.11 Å². The Balaban J connectivity index is 2.09. The fourth-order valence-electron chi connectivity index (χ4n) is 3.57. The van der Waals surface area contributed by atoms with Gasteiger partial charge in [-0.1, -0.05) is 43.5 Å². The van der Waals surface area contributed by atoms with Crippen LogP contribution in [0.15, 0.2) is 29.8 Å². The van der Waals surface area contributed by atoms with Gasteiger partial charge in [0.05, 0.1) is 0 Å². The highest BCUT2D eigenvalue weighted by Crippen LogP contribution is 2.48. The summed E-state index contributed by atoms with van der Waals surface area (Å²) in [6.45, 7) is 0. The van der Waals surface area contributed by atoms with Gasteiger partial charge in [0.25, 0.3) is 0 Å². The van der Waals surface area contributed by atoms with Crippen molar-refractivity contribution in [1.82, 2.24) is 0 Å². The Kier molecular flexibility index (Phi) is 2.73. The van der Waals surface area contributed by atoms with Crippen LogP contribution in [0.25, 0.3) is 6.08 Å². The average Bonchev–Trinajstić information content (AvgIpc) is 2.38. The van der Waals surface area contributed by atoms with Crippen LogP contribution in [0, 0.1) is 5.41 Å². The van der Waals surface area contributed by atoms with E-state index in [9.17, 15) is 9.90 Å². The number of carboxylic acids is 1. The molecule has 0 bridgehead atoms. The lowest BCUT2D eigenvalue weighted by Crippen LogP contribution is -2.34. The molecule has 0 atom stereocenters. The van der Waals surface area contributed by atoms with Gasteiger partial charge in [0, 0.05) is 11.0 Å². The number of fused-ring (bicyclic) bond motifs is 1. The molecule has 1 aromatic rings. The van der Waals surface area contributed by atoms with Crippen molar-refractivity contribution in [1.29, 1.82) is 0 Å². The number of hydrogen-bond donors (Lipinski definition) is 1. The van der Waals surface area contributed by atoms with Crippen molar-refractivity contribution in [2.75, 3.05) is 0 Å². The van der Waals surface area contributed by atoms with Gasteiger partial charge in [-0.15, -0.1) is 0 Å². The van der Waals surface area contributed by atoms with Gasteiger partial charge in [0.15, 0.2) is 0 Å². The van der Waals surface area contributed by atoms with Gasteiger partial charge in [0.1, 0.15) is 0 Å². The second-order valence-electron chi connectivity index (χ2n) is 5.58. The smallest absolute Gasteiger partial charge is 0.332 e. The molecular formula is C16H18O2. The van der Waals surface area contributed by atoms with Crippen molar-refractivity contribution >= 4 is 12.0 Å². The Morgan fingerprint density at radius 3 is 2.56 bits per heavy atom. The fraction of sp³-hybridized carbons (Fsp3) is 0.438. The molecule has 2 heteroatoms. The summed E-state index contributed by atoms with van der Waals surface area (Å²) in [4.78, 5) is 11.6. The van der Waals surface area contributed by atoms with Crippen LogP contribution in [0.1, 0.15) is 43.2 Å². The molecule has 18 heavy (non-hydrogen) atoms. The summed E-state index contributed by atoms with van der Waals surface area (Å²) in [5.41, 5.74) is 2.94. The van der Waals surface area contributed by atoms with Crippen LogP contribution in [0.2, 0.25) is 0 Å². The van der Waals surface area contributed by atoms with E-state index in [1.54, 1.807) is 0 Å². The van der Waals surface area contributed by atoms with Crippen LogP contribution in [-0.4, -0.2) is 11.1 Å². The number of carboxylic acid groups (broad SMARTS) is 1. The number of aliphatic carboxylic acids is 1. The predicted molar refractivity (Wildman–Crippen MR) is 71.3 cm³/mol. The molecule has 3 rings (SSSR count). The monoisotopic (exact) mass is 242 g/mol. The molecule has 0 aromatic heterocycles. The summed E-state index contributed by atoms with van der Waals surface area (Å²) in [6.07, 6.45) is 8.43. The van der Waals surface area contributed by atoms with Gasteiger partial charge >= 0.3 is 5.97 Å². The standard InChI is InChI=1S/C16H18O2/c17-15(18)14-10-12-6-2-3-7-13(12)11-16(14)8-4-1-5-9-16/h2-3,6-7,10H,1,4-5,8-9,11H2,(H,17,18). The summed E-state index contributed by atoms with van der Waals surface area (Å²) in [6, 6.07) is 8.19. The summed E-state index contributed by atoms with van der Waals surface area (Å²) >= 11 is 0. The number of benzene rings is 1. The van der Waals surface area contributed by atoms with Crippen LogP contribution in [0.5, 0.6) is 0 Å². The zero-order chi connectivity index (χ0) is 12.6. The first-order valence-corrected chi connectivity index (χ1v) is 6.75. The van der Waals surface area contributed by atoms with E-state index in [4.69, 9.17) is 0 Å². The molecule has 2 aliphatic rings. The van der Waals surface area contributed by atoms with Crippen LogP contribution in [-0.2, 0) is 11.2 Å². The second kappa shape index (κ2) is 4.27. The predicted octanol–water partition coefficient (Wildman–Crippen LogP) is 3.66. The summed E-state index contributed by atoms with van der Waals surface area (Å²) < 4.78 is 0. The van der Waals surface area contributed by atoms with Crippen molar-refractivity contribution in [2.45, 2.75) is 38.5 Å². The first-order chi connectivity index (χ1) is 8.71. The Morgan fingerprint density at radius 2 is 1.83 bits per heavy atom. The Hall–Kier alpha value is -1.57. The van der Waals surface area contributed by atoms with Crippen molar-refractivity contribution in [3.05, 3.63) is 41.0 Å². The van der Waals surface area contributed by atoms with E-state index in [0.29, 0.717) is 5.57 Å². The maximum atomic E-state index is 11.6. The van der Waals surface area contributed by atoms with Gasteiger partial charge in [-0.3, -0.25) is 0 Å². The van der Waals surface area contributed by atoms with E-state index >= 15 is 0 Å². The molecule has 0 amide bonds. The Morgan fingerprint density at radius 1 is 1.11 bits per heavy atom. The van der Waals surface area contributed by atoms with Crippen molar-refractivity contribution in [3.63, 3.8) is 0 Å². The summed E-state index contributed by atoms with van der Waals surface area (Å²) in [5.74, 6) is -0.730. The van der Waals surface area contributed by atoms with Crippen LogP contribution in [0.3, 0.4) is 0 Å². The molecule has 0 unspecified atom stereocenters. The molecule has 2 nitrogen and oxygen atoms in total. The quantitative estimate of drug-likeness (QED) is 0.816. The SMILES string of the molecule is O=C(O)C1=Cc2ccccc2CC12CCCCC2. The van der Waals surface area contributed by atoms with Crippen molar-refractivity contribution in [3.8, 4) is 0 Å². The zero-order valence-electron chi connectivity index (χ0n) is 10.5. The van der Waals surface area contributed by atoms with Gasteiger partial charge in [0.2, 0.25) is 0 Å². The minimum absolute atomic E-state index is 0.0988. The molecular weight excluding hydrogens is 224 g/mol. The molecule has 0 aliphatic heterocycles. The average molecular weight is 242 g/mol. The molecule has 0 saturated heterocycles. The highest BCUT2D eigenvalue weighted by molar-refractivity contribution is 5.95. The first-order valence-electron chi connectivity index (χ1n) is 6.75. The maximum absolute atomic E-state index is 11.6. The molecule has 94 valence electrons. The van der Waals surface area contributed by atoms with E-state index in [1.165, 1.54) is 12.0 Å². The van der Waals surface area contributed by atoms with Gasteiger partial charge in [-0.25, -0.2) is 4.79 Å². The van der Waals surface area contributed by atoms with E-state index < -0.39 is 5.97 Å². The molecule has 1 spiro atoms. The minimum Gasteiger partial charge on any atom is -0.478 e. The largest absolute Gasteiger partial charge is 0.478 e. The third-order valence-corrected chi connectivity index (χ3v) is 4.50. The van der Waals surface area contributed by atoms with Crippen LogP contribution in [0.4, 0.5) is 0 Å². The highest BCUT2D eigenvalue weighted by atomic mass is 16.4. The van der Waals surface area contributed by atoms with E-state index in [0.717, 1.165) is 37.7 Å². The maximum Gasteiger partial charge on any atom is 0.332 e. The lowest BCUT2D eigenvalue weighted by molar-refractivity contribution is -0.134. The molecule has 1 N–H and O–H groups in total. The molecule has 1 fully saturated rings. The van der Waals surface area contributed by atoms with Gasteiger partial charge in [-0.2, -0.15) is 0 Å². The minimum atomic E-state index is -0.730. The van der Waals surface area contributed by atoms with Crippen molar-refractivity contribution in [2.24, 2.45) is 5.41 Å². The van der Waals surface area contributed by atoms with Crippen LogP contribution < -0.4 is 0 Å². The third kappa shape index (κ3) is 1.76. The Bertz CT molecular complexity index is 508. The molecule has 1 saturated carbocycles. The number of hydrogen-bond acceptors (Lipinski definition) is 1. The fourth-order valence-corrected chi connectivity index (χ4v) is 3.57. The summed E-state index contributed by atoms with van der Waals surface area (Å²) in [5, 5.41) is 9.51. The molecule has 0 heterocycles. The lowest BCUT2D eigenvalue weighted by Gasteiger charge is -2.40. The van der Waals surface area contributed by atoms with E-state index in [2.05, 4.69) is 12.1 Å². The molecule has 2 aliphatic carbocycles. The normalized spacial score (nSPS) is 21.2. The van der Waals surface area contributed by atoms with Crippen molar-refractivity contribution < 1.29 is 9.90 Å². The number of rotatable bonds is 1. The topological polar surface area (TPSA) is 37.3 Å².